The molecule has 0 aliphatic heterocycles. The molecule has 1 N–H and O–H groups in total. The Balaban J connectivity index is 1.95. The maximum atomic E-state index is 9.28. The fourth-order valence-corrected chi connectivity index (χ4v) is 2.96. The Hall–Kier alpha value is -3.00. The Morgan fingerprint density at radius 3 is 2.96 bits per heavy atom. The van der Waals surface area contributed by atoms with Crippen molar-refractivity contribution in [2.75, 3.05) is 13.7 Å². The normalized spacial score (nSPS) is 11.5. The molecule has 0 radical (unpaired) electrons. The number of aryl methyl sites for hydroxylation is 1. The van der Waals surface area contributed by atoms with Crippen LogP contribution in [0.3, 0.4) is 0 Å². The third-order valence-electron chi connectivity index (χ3n) is 4.04. The highest BCUT2D eigenvalue weighted by Gasteiger charge is 2.15. The number of imidazole rings is 1. The van der Waals surface area contributed by atoms with Crippen LogP contribution in [-0.4, -0.2) is 48.0 Å². The van der Waals surface area contributed by atoms with E-state index in [1.807, 2.05) is 29.8 Å². The van der Waals surface area contributed by atoms with Crippen molar-refractivity contribution >= 4 is 16.7 Å². The van der Waals surface area contributed by atoms with Gasteiger partial charge in [-0.15, -0.1) is 0 Å². The molecular formula is C16H16N6O2. The Labute approximate surface area is 137 Å². The molecule has 0 aliphatic rings. The molecule has 0 fully saturated rings. The lowest BCUT2D eigenvalue weighted by molar-refractivity contribution is 0.276. The zero-order chi connectivity index (χ0) is 16.7. The molecule has 0 spiro atoms. The van der Waals surface area contributed by atoms with E-state index in [0.29, 0.717) is 18.1 Å². The maximum Gasteiger partial charge on any atom is 0.241 e. The van der Waals surface area contributed by atoms with Gasteiger partial charge in [0.1, 0.15) is 17.7 Å². The van der Waals surface area contributed by atoms with Gasteiger partial charge in [0.05, 0.1) is 19.2 Å². The van der Waals surface area contributed by atoms with E-state index in [9.17, 15) is 5.11 Å². The number of hydrogen-bond donors (Lipinski definition) is 1. The first-order valence-electron chi connectivity index (χ1n) is 7.53. The Morgan fingerprint density at radius 1 is 1.29 bits per heavy atom. The molecule has 24 heavy (non-hydrogen) atoms. The SMILES string of the molecule is COc1ncnn2ccc(-c3cnc4nc(C)n(CCO)c4c3)c12. The van der Waals surface area contributed by atoms with Crippen LogP contribution in [0, 0.1) is 6.92 Å². The summed E-state index contributed by atoms with van der Waals surface area (Å²) in [4.78, 5) is 13.1. The number of aliphatic hydroxyl groups is 1. The molecule has 4 heterocycles. The number of aromatic nitrogens is 6. The van der Waals surface area contributed by atoms with Crippen LogP contribution in [0.1, 0.15) is 5.82 Å². The number of fused-ring (bicyclic) bond motifs is 2. The van der Waals surface area contributed by atoms with Crippen LogP contribution >= 0.6 is 0 Å². The van der Waals surface area contributed by atoms with Gasteiger partial charge in [-0.1, -0.05) is 0 Å². The first kappa shape index (κ1) is 14.6. The van der Waals surface area contributed by atoms with Crippen molar-refractivity contribution in [1.29, 1.82) is 0 Å². The van der Waals surface area contributed by atoms with Gasteiger partial charge in [-0.2, -0.15) is 10.1 Å². The van der Waals surface area contributed by atoms with Crippen molar-refractivity contribution in [3.05, 3.63) is 36.7 Å². The second-order valence-electron chi connectivity index (χ2n) is 5.39. The second-order valence-corrected chi connectivity index (χ2v) is 5.39. The van der Waals surface area contributed by atoms with E-state index in [2.05, 4.69) is 20.1 Å². The van der Waals surface area contributed by atoms with E-state index in [0.717, 1.165) is 28.0 Å². The first-order valence-corrected chi connectivity index (χ1v) is 7.53. The van der Waals surface area contributed by atoms with Gasteiger partial charge < -0.3 is 14.4 Å². The number of aliphatic hydroxyl groups excluding tert-OH is 1. The smallest absolute Gasteiger partial charge is 0.241 e. The highest BCUT2D eigenvalue weighted by Crippen LogP contribution is 2.31. The summed E-state index contributed by atoms with van der Waals surface area (Å²) in [5.74, 6) is 1.33. The highest BCUT2D eigenvalue weighted by atomic mass is 16.5. The third kappa shape index (κ3) is 2.11. The second kappa shape index (κ2) is 5.57. The van der Waals surface area contributed by atoms with Gasteiger partial charge in [-0.25, -0.2) is 14.5 Å². The van der Waals surface area contributed by atoms with Crippen molar-refractivity contribution in [2.45, 2.75) is 13.5 Å². The predicted octanol–water partition coefficient (Wildman–Crippen LogP) is 1.45. The van der Waals surface area contributed by atoms with E-state index in [1.54, 1.807) is 17.8 Å². The molecule has 8 heteroatoms. The minimum absolute atomic E-state index is 0.0490. The quantitative estimate of drug-likeness (QED) is 0.611. The van der Waals surface area contributed by atoms with Crippen LogP contribution in [0.4, 0.5) is 0 Å². The van der Waals surface area contributed by atoms with Gasteiger partial charge in [0.25, 0.3) is 0 Å². The number of methoxy groups -OCH3 is 1. The molecule has 0 amide bonds. The van der Waals surface area contributed by atoms with Crippen LogP contribution in [0.25, 0.3) is 27.8 Å². The van der Waals surface area contributed by atoms with E-state index in [1.165, 1.54) is 6.33 Å². The van der Waals surface area contributed by atoms with Crippen LogP contribution < -0.4 is 4.74 Å². The van der Waals surface area contributed by atoms with E-state index in [-0.39, 0.29) is 6.61 Å². The molecule has 0 unspecified atom stereocenters. The fraction of sp³-hybridized carbons (Fsp3) is 0.250. The van der Waals surface area contributed by atoms with E-state index >= 15 is 0 Å². The molecule has 0 saturated heterocycles. The van der Waals surface area contributed by atoms with Crippen molar-refractivity contribution in [3.8, 4) is 17.0 Å². The zero-order valence-electron chi connectivity index (χ0n) is 13.3. The average molecular weight is 324 g/mol. The van der Waals surface area contributed by atoms with Gasteiger partial charge in [-0.3, -0.25) is 0 Å². The summed E-state index contributed by atoms with van der Waals surface area (Å²) in [6.07, 6.45) is 5.09. The number of pyridine rings is 1. The van der Waals surface area contributed by atoms with E-state index in [4.69, 9.17) is 4.74 Å². The molecular weight excluding hydrogens is 308 g/mol. The lowest BCUT2D eigenvalue weighted by Crippen LogP contribution is -2.04. The summed E-state index contributed by atoms with van der Waals surface area (Å²) in [6, 6.07) is 3.97. The van der Waals surface area contributed by atoms with E-state index < -0.39 is 0 Å². The van der Waals surface area contributed by atoms with Crippen LogP contribution in [-0.2, 0) is 6.54 Å². The molecule has 8 nitrogen and oxygen atoms in total. The Bertz CT molecular complexity index is 1040. The Morgan fingerprint density at radius 2 is 2.17 bits per heavy atom. The lowest BCUT2D eigenvalue weighted by Gasteiger charge is -2.06. The third-order valence-corrected chi connectivity index (χ3v) is 4.04. The van der Waals surface area contributed by atoms with Gasteiger partial charge >= 0.3 is 0 Å². The number of nitrogens with zero attached hydrogens (tertiary/aromatic N) is 6. The maximum absolute atomic E-state index is 9.28. The molecule has 4 aromatic rings. The average Bonchev–Trinajstić information content (AvgIpc) is 3.16. The minimum Gasteiger partial charge on any atom is -0.479 e. The molecule has 0 aliphatic carbocycles. The summed E-state index contributed by atoms with van der Waals surface area (Å²) in [5.41, 5.74) is 4.17. The van der Waals surface area contributed by atoms with Crippen molar-refractivity contribution < 1.29 is 9.84 Å². The van der Waals surface area contributed by atoms with Crippen LogP contribution in [0.2, 0.25) is 0 Å². The molecule has 4 rings (SSSR count). The molecule has 0 saturated carbocycles. The van der Waals surface area contributed by atoms with Gasteiger partial charge in [-0.05, 0) is 19.1 Å². The summed E-state index contributed by atoms with van der Waals surface area (Å²) in [7, 11) is 1.58. The predicted molar refractivity (Wildman–Crippen MR) is 87.9 cm³/mol. The summed E-state index contributed by atoms with van der Waals surface area (Å²) < 4.78 is 9.04. The molecule has 0 bridgehead atoms. The summed E-state index contributed by atoms with van der Waals surface area (Å²) >= 11 is 0. The van der Waals surface area contributed by atoms with Gasteiger partial charge in [0, 0.05) is 30.1 Å². The van der Waals surface area contributed by atoms with Crippen molar-refractivity contribution in [3.63, 3.8) is 0 Å². The zero-order valence-corrected chi connectivity index (χ0v) is 13.3. The summed E-state index contributed by atoms with van der Waals surface area (Å²) in [6.45, 7) is 2.44. The topological polar surface area (TPSA) is 90.4 Å². The molecule has 122 valence electrons. The highest BCUT2D eigenvalue weighted by molar-refractivity contribution is 5.87. The van der Waals surface area contributed by atoms with Crippen LogP contribution in [0.5, 0.6) is 5.88 Å². The monoisotopic (exact) mass is 324 g/mol. The largest absolute Gasteiger partial charge is 0.479 e. The number of rotatable bonds is 4. The number of ether oxygens (including phenoxy) is 1. The molecule has 0 atom stereocenters. The summed E-state index contributed by atoms with van der Waals surface area (Å²) in [5, 5.41) is 13.5. The lowest BCUT2D eigenvalue weighted by atomic mass is 10.1. The van der Waals surface area contributed by atoms with Crippen LogP contribution in [0.15, 0.2) is 30.9 Å². The number of hydrogen-bond acceptors (Lipinski definition) is 6. The standard InChI is InChI=1S/C16H16N6O2/c1-10-20-15-13(21(10)5-6-23)7-11(8-17-15)12-3-4-22-14(12)16(24-2)18-9-19-22/h3-4,7-9,23H,5-6H2,1-2H3. The van der Waals surface area contributed by atoms with Gasteiger partial charge in [0.2, 0.25) is 5.88 Å². The van der Waals surface area contributed by atoms with Gasteiger partial charge in [0.15, 0.2) is 5.65 Å². The van der Waals surface area contributed by atoms with Crippen molar-refractivity contribution in [2.24, 2.45) is 0 Å². The van der Waals surface area contributed by atoms with Crippen molar-refractivity contribution in [1.82, 2.24) is 29.1 Å². The molecule has 0 aromatic carbocycles. The first-order chi connectivity index (χ1) is 11.7. The Kier molecular flexibility index (Phi) is 3.39. The minimum atomic E-state index is 0.0490. The molecule has 4 aromatic heterocycles. The fourth-order valence-electron chi connectivity index (χ4n) is 2.96.